The van der Waals surface area contributed by atoms with Crippen molar-refractivity contribution >= 4 is 22.4 Å². The molecule has 2 aromatic heterocycles. The Labute approximate surface area is 133 Å². The van der Waals surface area contributed by atoms with E-state index in [-0.39, 0.29) is 11.9 Å². The molecular formula is C14H20N6OS. The molecule has 1 aliphatic heterocycles. The molecule has 1 aliphatic rings. The standard InChI is InChI=1S/C14H20N6OS/c1-11-8-22-14(17-11)19-5-3-4-18(6-7-19)13(21)12(2)20-10-15-9-16-20/h8-10,12H,3-7H2,1-2H3. The molecule has 3 heterocycles. The third-order valence-electron chi connectivity index (χ3n) is 3.88. The number of carbonyl (C=O) groups excluding carboxylic acids is 1. The molecule has 1 amide bonds. The highest BCUT2D eigenvalue weighted by Crippen LogP contribution is 2.22. The molecule has 8 heteroatoms. The first-order valence-electron chi connectivity index (χ1n) is 7.45. The quantitative estimate of drug-likeness (QED) is 0.854. The van der Waals surface area contributed by atoms with Crippen molar-refractivity contribution < 1.29 is 4.79 Å². The van der Waals surface area contributed by atoms with Crippen molar-refractivity contribution in [2.24, 2.45) is 0 Å². The second kappa shape index (κ2) is 6.43. The number of rotatable bonds is 3. The maximum Gasteiger partial charge on any atom is 0.247 e. The lowest BCUT2D eigenvalue weighted by atomic mass is 10.2. The summed E-state index contributed by atoms with van der Waals surface area (Å²) >= 11 is 1.67. The van der Waals surface area contributed by atoms with Gasteiger partial charge in [-0.1, -0.05) is 0 Å². The van der Waals surface area contributed by atoms with Crippen LogP contribution in [0.5, 0.6) is 0 Å². The first-order chi connectivity index (χ1) is 10.6. The van der Waals surface area contributed by atoms with Gasteiger partial charge in [-0.05, 0) is 20.3 Å². The van der Waals surface area contributed by atoms with E-state index in [1.807, 2.05) is 18.7 Å². The van der Waals surface area contributed by atoms with Crippen LogP contribution in [-0.4, -0.2) is 56.7 Å². The van der Waals surface area contributed by atoms with E-state index in [2.05, 4.69) is 25.3 Å². The molecule has 1 atom stereocenters. The van der Waals surface area contributed by atoms with Crippen LogP contribution in [0.3, 0.4) is 0 Å². The Balaban J connectivity index is 1.63. The van der Waals surface area contributed by atoms with Crippen molar-refractivity contribution in [3.63, 3.8) is 0 Å². The highest BCUT2D eigenvalue weighted by molar-refractivity contribution is 7.13. The molecule has 22 heavy (non-hydrogen) atoms. The van der Waals surface area contributed by atoms with E-state index < -0.39 is 0 Å². The van der Waals surface area contributed by atoms with Gasteiger partial charge in [-0.2, -0.15) is 5.10 Å². The normalized spacial score (nSPS) is 17.4. The fourth-order valence-corrected chi connectivity index (χ4v) is 3.47. The van der Waals surface area contributed by atoms with Gasteiger partial charge in [-0.25, -0.2) is 14.6 Å². The van der Waals surface area contributed by atoms with Crippen LogP contribution in [0.1, 0.15) is 25.1 Å². The zero-order chi connectivity index (χ0) is 15.5. The average molecular weight is 320 g/mol. The molecule has 1 saturated heterocycles. The molecule has 3 rings (SSSR count). The molecule has 2 aromatic rings. The number of nitrogens with zero attached hydrogens (tertiary/aromatic N) is 6. The lowest BCUT2D eigenvalue weighted by molar-refractivity contribution is -0.134. The van der Waals surface area contributed by atoms with Gasteiger partial charge in [0.15, 0.2) is 5.13 Å². The van der Waals surface area contributed by atoms with E-state index in [1.165, 1.54) is 6.33 Å². The van der Waals surface area contributed by atoms with Crippen LogP contribution >= 0.6 is 11.3 Å². The molecule has 0 radical (unpaired) electrons. The van der Waals surface area contributed by atoms with Crippen LogP contribution in [0.15, 0.2) is 18.0 Å². The van der Waals surface area contributed by atoms with Gasteiger partial charge >= 0.3 is 0 Å². The van der Waals surface area contributed by atoms with E-state index in [9.17, 15) is 4.79 Å². The number of hydrogen-bond acceptors (Lipinski definition) is 6. The third kappa shape index (κ3) is 3.11. The smallest absolute Gasteiger partial charge is 0.247 e. The Hall–Kier alpha value is -1.96. The van der Waals surface area contributed by atoms with Crippen LogP contribution in [0.2, 0.25) is 0 Å². The number of anilines is 1. The summed E-state index contributed by atoms with van der Waals surface area (Å²) in [5.41, 5.74) is 1.05. The molecule has 0 bridgehead atoms. The maximum atomic E-state index is 12.6. The van der Waals surface area contributed by atoms with Gasteiger partial charge in [0.2, 0.25) is 5.91 Å². The van der Waals surface area contributed by atoms with Crippen molar-refractivity contribution in [1.29, 1.82) is 0 Å². The number of aromatic nitrogens is 4. The summed E-state index contributed by atoms with van der Waals surface area (Å²) in [7, 11) is 0. The largest absolute Gasteiger partial charge is 0.346 e. The van der Waals surface area contributed by atoms with Crippen LogP contribution in [0, 0.1) is 6.92 Å². The van der Waals surface area contributed by atoms with E-state index in [4.69, 9.17) is 0 Å². The third-order valence-corrected chi connectivity index (χ3v) is 4.90. The fraction of sp³-hybridized carbons (Fsp3) is 0.571. The van der Waals surface area contributed by atoms with Gasteiger partial charge in [0.05, 0.1) is 5.69 Å². The number of thiazole rings is 1. The summed E-state index contributed by atoms with van der Waals surface area (Å²) in [4.78, 5) is 25.2. The van der Waals surface area contributed by atoms with Gasteiger partial charge in [-0.15, -0.1) is 11.3 Å². The highest BCUT2D eigenvalue weighted by atomic mass is 32.1. The molecule has 7 nitrogen and oxygen atoms in total. The molecule has 118 valence electrons. The Morgan fingerprint density at radius 2 is 2.18 bits per heavy atom. The zero-order valence-corrected chi connectivity index (χ0v) is 13.7. The molecular weight excluding hydrogens is 300 g/mol. The average Bonchev–Trinajstić information content (AvgIpc) is 3.13. The predicted molar refractivity (Wildman–Crippen MR) is 85.0 cm³/mol. The van der Waals surface area contributed by atoms with E-state index in [1.54, 1.807) is 22.3 Å². The summed E-state index contributed by atoms with van der Waals surface area (Å²) < 4.78 is 1.61. The summed E-state index contributed by atoms with van der Waals surface area (Å²) in [5, 5.41) is 7.18. The summed E-state index contributed by atoms with van der Waals surface area (Å²) in [5.74, 6) is 0.0997. The molecule has 0 aromatic carbocycles. The minimum atomic E-state index is -0.309. The van der Waals surface area contributed by atoms with Gasteiger partial charge in [-0.3, -0.25) is 4.79 Å². The Kier molecular flexibility index (Phi) is 4.37. The fourth-order valence-electron chi connectivity index (χ4n) is 2.61. The van der Waals surface area contributed by atoms with Crippen LogP contribution < -0.4 is 4.90 Å². The van der Waals surface area contributed by atoms with E-state index in [0.717, 1.165) is 43.4 Å². The monoisotopic (exact) mass is 320 g/mol. The first-order valence-corrected chi connectivity index (χ1v) is 8.33. The maximum absolute atomic E-state index is 12.6. The summed E-state index contributed by atoms with van der Waals surface area (Å²) in [6, 6.07) is -0.309. The van der Waals surface area contributed by atoms with Gasteiger partial charge in [0, 0.05) is 31.6 Å². The number of aryl methyl sites for hydroxylation is 1. The van der Waals surface area contributed by atoms with Crippen molar-refractivity contribution in [2.45, 2.75) is 26.3 Å². The molecule has 0 saturated carbocycles. The molecule has 1 unspecified atom stereocenters. The molecule has 0 spiro atoms. The number of amides is 1. The second-order valence-electron chi connectivity index (χ2n) is 5.49. The predicted octanol–water partition coefficient (Wildman–Crippen LogP) is 1.34. The lowest BCUT2D eigenvalue weighted by Crippen LogP contribution is -2.39. The van der Waals surface area contributed by atoms with E-state index >= 15 is 0 Å². The summed E-state index contributed by atoms with van der Waals surface area (Å²) in [6.45, 7) is 7.13. The minimum absolute atomic E-state index is 0.0997. The SMILES string of the molecule is Cc1csc(N2CCCN(C(=O)C(C)n3cncn3)CC2)n1. The first kappa shape index (κ1) is 15.0. The van der Waals surface area contributed by atoms with E-state index in [0.29, 0.717) is 0 Å². The van der Waals surface area contributed by atoms with Crippen LogP contribution in [0.4, 0.5) is 5.13 Å². The second-order valence-corrected chi connectivity index (χ2v) is 6.33. The zero-order valence-electron chi connectivity index (χ0n) is 12.8. The molecule has 0 N–H and O–H groups in total. The summed E-state index contributed by atoms with van der Waals surface area (Å²) in [6.07, 6.45) is 4.00. The van der Waals surface area contributed by atoms with Crippen LogP contribution in [0.25, 0.3) is 0 Å². The van der Waals surface area contributed by atoms with Gasteiger partial charge < -0.3 is 9.80 Å². The molecule has 1 fully saturated rings. The van der Waals surface area contributed by atoms with Crippen molar-refractivity contribution in [3.05, 3.63) is 23.7 Å². The van der Waals surface area contributed by atoms with Crippen molar-refractivity contribution in [2.75, 3.05) is 31.1 Å². The lowest BCUT2D eigenvalue weighted by Gasteiger charge is -2.24. The Bertz CT molecular complexity index is 625. The Morgan fingerprint density at radius 1 is 1.32 bits per heavy atom. The van der Waals surface area contributed by atoms with Gasteiger partial charge in [0.1, 0.15) is 18.7 Å². The minimum Gasteiger partial charge on any atom is -0.346 e. The number of hydrogen-bond donors (Lipinski definition) is 0. The topological polar surface area (TPSA) is 67.2 Å². The van der Waals surface area contributed by atoms with Crippen molar-refractivity contribution in [3.8, 4) is 0 Å². The number of carbonyl (C=O) groups is 1. The van der Waals surface area contributed by atoms with Crippen molar-refractivity contribution in [1.82, 2.24) is 24.6 Å². The van der Waals surface area contributed by atoms with Gasteiger partial charge in [0.25, 0.3) is 0 Å². The molecule has 0 aliphatic carbocycles. The van der Waals surface area contributed by atoms with Crippen LogP contribution in [-0.2, 0) is 4.79 Å². The highest BCUT2D eigenvalue weighted by Gasteiger charge is 2.25. The Morgan fingerprint density at radius 3 is 2.86 bits per heavy atom.